The molecular weight excluding hydrogens is 366 g/mol. The average molecular weight is 396 g/mol. The molecule has 1 aromatic carbocycles. The summed E-state index contributed by atoms with van der Waals surface area (Å²) in [5.41, 5.74) is 1.14. The van der Waals surface area contributed by atoms with Gasteiger partial charge in [-0.2, -0.15) is 0 Å². The number of amides is 2. The van der Waals surface area contributed by atoms with Gasteiger partial charge in [-0.15, -0.1) is 0 Å². The van der Waals surface area contributed by atoms with Crippen molar-refractivity contribution in [2.24, 2.45) is 0 Å². The van der Waals surface area contributed by atoms with E-state index in [-0.39, 0.29) is 30.1 Å². The second-order valence-corrected chi connectivity index (χ2v) is 9.02. The minimum Gasteiger partial charge on any atom is -0.364 e. The number of likely N-dealkylation sites (tertiary alicyclic amines) is 1. The highest BCUT2D eigenvalue weighted by Crippen LogP contribution is 2.42. The Labute approximate surface area is 172 Å². The zero-order valence-electron chi connectivity index (χ0n) is 17.6. The first-order valence-electron chi connectivity index (χ1n) is 10.1. The third-order valence-corrected chi connectivity index (χ3v) is 6.34. The van der Waals surface area contributed by atoms with Gasteiger partial charge in [-0.1, -0.05) is 30.3 Å². The van der Waals surface area contributed by atoms with Crippen LogP contribution in [0.5, 0.6) is 0 Å². The van der Waals surface area contributed by atoms with Gasteiger partial charge in [0, 0.05) is 38.1 Å². The van der Waals surface area contributed by atoms with Gasteiger partial charge in [-0.05, 0) is 38.8 Å². The van der Waals surface area contributed by atoms with Crippen molar-refractivity contribution in [3.63, 3.8) is 0 Å². The number of carbonyl (C=O) groups excluding carboxylic acids is 2. The summed E-state index contributed by atoms with van der Waals surface area (Å²) < 4.78 is 8.07. The molecule has 0 aliphatic carbocycles. The maximum absolute atomic E-state index is 13.2. The Balaban J connectivity index is 1.61. The monoisotopic (exact) mass is 395 g/mol. The number of aromatic nitrogens is 1. The van der Waals surface area contributed by atoms with Gasteiger partial charge in [-0.3, -0.25) is 9.59 Å². The molecule has 0 spiro atoms. The second kappa shape index (κ2) is 7.02. The maximum atomic E-state index is 13.2. The normalized spacial score (nSPS) is 25.1. The van der Waals surface area contributed by atoms with Crippen LogP contribution in [0.15, 0.2) is 48.8 Å². The molecule has 0 bridgehead atoms. The Morgan fingerprint density at radius 3 is 2.55 bits per heavy atom. The van der Waals surface area contributed by atoms with E-state index in [1.54, 1.807) is 0 Å². The summed E-state index contributed by atoms with van der Waals surface area (Å²) in [5.74, 6) is -0.00931. The quantitative estimate of drug-likeness (QED) is 0.786. The number of piperidine rings is 1. The third kappa shape index (κ3) is 3.25. The lowest BCUT2D eigenvalue weighted by Crippen LogP contribution is -2.67. The minimum absolute atomic E-state index is 0.0119. The van der Waals surface area contributed by atoms with Gasteiger partial charge >= 0.3 is 0 Å². The van der Waals surface area contributed by atoms with Crippen LogP contribution in [-0.2, 0) is 20.6 Å². The maximum Gasteiger partial charge on any atom is 0.255 e. The van der Waals surface area contributed by atoms with Crippen LogP contribution in [0.1, 0.15) is 43.1 Å². The van der Waals surface area contributed by atoms with Crippen molar-refractivity contribution in [2.45, 2.75) is 44.4 Å². The SMILES string of the molecule is CN1C(=O)CO[C@@H]2CN(C(=O)c3ccn(C(C)(C)C)c3)CC[C@]21c1ccccc1. The number of hydrogen-bond acceptors (Lipinski definition) is 3. The third-order valence-electron chi connectivity index (χ3n) is 6.34. The Hall–Kier alpha value is -2.60. The number of likely N-dealkylation sites (N-methyl/N-ethyl adjacent to an activating group) is 1. The summed E-state index contributed by atoms with van der Waals surface area (Å²) in [7, 11) is 1.85. The molecule has 0 unspecified atom stereocenters. The summed E-state index contributed by atoms with van der Waals surface area (Å²) in [4.78, 5) is 29.3. The number of hydrogen-bond donors (Lipinski definition) is 0. The van der Waals surface area contributed by atoms with E-state index < -0.39 is 5.54 Å². The molecule has 154 valence electrons. The Kier molecular flexibility index (Phi) is 4.77. The fourth-order valence-electron chi connectivity index (χ4n) is 4.53. The standard InChI is InChI=1S/C23H29N3O3/c1-22(2,3)26-12-10-17(14-26)21(28)25-13-11-23(18-8-6-5-7-9-18)19(15-25)29-16-20(27)24(23)4/h5-10,12,14,19H,11,13,15-16H2,1-4H3/t19-,23+/m1/s1. The fourth-order valence-corrected chi connectivity index (χ4v) is 4.53. The molecule has 2 aliphatic heterocycles. The summed E-state index contributed by atoms with van der Waals surface area (Å²) in [6.07, 6.45) is 4.26. The van der Waals surface area contributed by atoms with Gasteiger partial charge in [0.1, 0.15) is 12.7 Å². The van der Waals surface area contributed by atoms with Gasteiger partial charge < -0.3 is 19.1 Å². The predicted octanol–water partition coefficient (Wildman–Crippen LogP) is 2.84. The highest BCUT2D eigenvalue weighted by Gasteiger charge is 2.53. The summed E-state index contributed by atoms with van der Waals surface area (Å²) in [6.45, 7) is 7.42. The van der Waals surface area contributed by atoms with Crippen molar-refractivity contribution in [1.29, 1.82) is 0 Å². The summed E-state index contributed by atoms with van der Waals surface area (Å²) in [5, 5.41) is 0. The van der Waals surface area contributed by atoms with E-state index in [2.05, 4.69) is 25.3 Å². The largest absolute Gasteiger partial charge is 0.364 e. The number of nitrogens with zero attached hydrogens (tertiary/aromatic N) is 3. The molecule has 29 heavy (non-hydrogen) atoms. The van der Waals surface area contributed by atoms with E-state index in [1.807, 2.05) is 65.6 Å². The zero-order chi connectivity index (χ0) is 20.8. The number of ether oxygens (including phenoxy) is 1. The van der Waals surface area contributed by atoms with E-state index in [4.69, 9.17) is 4.74 Å². The van der Waals surface area contributed by atoms with E-state index in [0.717, 1.165) is 5.56 Å². The number of benzene rings is 1. The van der Waals surface area contributed by atoms with Crippen molar-refractivity contribution in [3.05, 3.63) is 59.9 Å². The highest BCUT2D eigenvalue weighted by atomic mass is 16.5. The topological polar surface area (TPSA) is 54.8 Å². The number of morpholine rings is 1. The summed E-state index contributed by atoms with van der Waals surface area (Å²) >= 11 is 0. The fraction of sp³-hybridized carbons (Fsp3) is 0.478. The highest BCUT2D eigenvalue weighted by molar-refractivity contribution is 5.94. The molecule has 0 radical (unpaired) electrons. The number of carbonyl (C=O) groups is 2. The minimum atomic E-state index is -0.537. The lowest BCUT2D eigenvalue weighted by atomic mass is 9.76. The lowest BCUT2D eigenvalue weighted by Gasteiger charge is -2.54. The average Bonchev–Trinajstić information content (AvgIpc) is 3.21. The van der Waals surface area contributed by atoms with Crippen molar-refractivity contribution >= 4 is 11.8 Å². The van der Waals surface area contributed by atoms with Crippen LogP contribution in [0.2, 0.25) is 0 Å². The lowest BCUT2D eigenvalue weighted by molar-refractivity contribution is -0.180. The number of fused-ring (bicyclic) bond motifs is 1. The molecule has 4 rings (SSSR count). The zero-order valence-corrected chi connectivity index (χ0v) is 17.6. The first-order chi connectivity index (χ1) is 13.7. The van der Waals surface area contributed by atoms with Gasteiger partial charge in [0.2, 0.25) is 5.91 Å². The van der Waals surface area contributed by atoms with Gasteiger partial charge in [0.15, 0.2) is 0 Å². The van der Waals surface area contributed by atoms with Crippen molar-refractivity contribution in [3.8, 4) is 0 Å². The molecule has 2 amide bonds. The first-order valence-corrected chi connectivity index (χ1v) is 10.1. The van der Waals surface area contributed by atoms with Crippen LogP contribution in [0.4, 0.5) is 0 Å². The van der Waals surface area contributed by atoms with Gasteiger partial charge in [0.25, 0.3) is 5.91 Å². The molecule has 6 heteroatoms. The van der Waals surface area contributed by atoms with Crippen LogP contribution < -0.4 is 0 Å². The van der Waals surface area contributed by atoms with Crippen LogP contribution in [0.25, 0.3) is 0 Å². The molecule has 2 aromatic rings. The van der Waals surface area contributed by atoms with Gasteiger partial charge in [0.05, 0.1) is 11.1 Å². The molecular formula is C23H29N3O3. The Morgan fingerprint density at radius 2 is 1.90 bits per heavy atom. The first kappa shape index (κ1) is 19.7. The second-order valence-electron chi connectivity index (χ2n) is 9.02. The molecule has 6 nitrogen and oxygen atoms in total. The van der Waals surface area contributed by atoms with E-state index in [9.17, 15) is 9.59 Å². The van der Waals surface area contributed by atoms with E-state index in [0.29, 0.717) is 25.1 Å². The van der Waals surface area contributed by atoms with Gasteiger partial charge in [-0.25, -0.2) is 0 Å². The number of rotatable bonds is 2. The molecule has 2 aliphatic rings. The molecule has 0 saturated carbocycles. The van der Waals surface area contributed by atoms with Crippen LogP contribution in [0.3, 0.4) is 0 Å². The van der Waals surface area contributed by atoms with Crippen LogP contribution >= 0.6 is 0 Å². The van der Waals surface area contributed by atoms with Crippen LogP contribution in [-0.4, -0.2) is 59.0 Å². The summed E-state index contributed by atoms with van der Waals surface area (Å²) in [6, 6.07) is 11.9. The molecule has 3 heterocycles. The molecule has 2 saturated heterocycles. The molecule has 2 fully saturated rings. The predicted molar refractivity (Wildman–Crippen MR) is 111 cm³/mol. The van der Waals surface area contributed by atoms with Crippen molar-refractivity contribution in [1.82, 2.24) is 14.4 Å². The van der Waals surface area contributed by atoms with E-state index >= 15 is 0 Å². The molecule has 2 atom stereocenters. The molecule has 0 N–H and O–H groups in total. The Morgan fingerprint density at radius 1 is 1.17 bits per heavy atom. The van der Waals surface area contributed by atoms with Crippen molar-refractivity contribution < 1.29 is 14.3 Å². The van der Waals surface area contributed by atoms with E-state index in [1.165, 1.54) is 0 Å². The van der Waals surface area contributed by atoms with Crippen LogP contribution in [0, 0.1) is 0 Å². The smallest absolute Gasteiger partial charge is 0.255 e. The van der Waals surface area contributed by atoms with Crippen molar-refractivity contribution in [2.75, 3.05) is 26.7 Å². The molecule has 1 aromatic heterocycles. The Bertz CT molecular complexity index is 915.